The van der Waals surface area contributed by atoms with Crippen molar-refractivity contribution in [3.63, 3.8) is 0 Å². The molecule has 0 fully saturated rings. The number of primary amides is 1. The summed E-state index contributed by atoms with van der Waals surface area (Å²) in [6, 6.07) is 17.0. The number of anilines is 1. The van der Waals surface area contributed by atoms with Crippen LogP contribution in [0.3, 0.4) is 0 Å². The molecule has 0 saturated carbocycles. The molecule has 1 aliphatic heterocycles. The Labute approximate surface area is 139 Å². The van der Waals surface area contributed by atoms with E-state index in [9.17, 15) is 9.59 Å². The van der Waals surface area contributed by atoms with E-state index in [1.165, 1.54) is 5.56 Å². The molecule has 2 aromatic rings. The predicted octanol–water partition coefficient (Wildman–Crippen LogP) is 2.36. The van der Waals surface area contributed by atoms with E-state index < -0.39 is 11.9 Å². The molecule has 1 atom stereocenters. The normalized spacial score (nSPS) is 16.2. The third-order valence-electron chi connectivity index (χ3n) is 3.91. The number of fused-ring (bicyclic) bond motifs is 1. The fourth-order valence-corrected chi connectivity index (χ4v) is 3.67. The summed E-state index contributed by atoms with van der Waals surface area (Å²) in [5, 5.41) is 0. The molecule has 1 heterocycles. The zero-order chi connectivity index (χ0) is 16.2. The number of amides is 2. The molecule has 2 N–H and O–H groups in total. The Morgan fingerprint density at radius 2 is 1.78 bits per heavy atom. The van der Waals surface area contributed by atoms with Gasteiger partial charge in [-0.15, -0.1) is 11.8 Å². The van der Waals surface area contributed by atoms with Gasteiger partial charge in [0.1, 0.15) is 6.04 Å². The summed E-state index contributed by atoms with van der Waals surface area (Å²) in [7, 11) is 0. The van der Waals surface area contributed by atoms with Gasteiger partial charge in [-0.05, 0) is 17.2 Å². The van der Waals surface area contributed by atoms with Crippen LogP contribution in [0.25, 0.3) is 0 Å². The predicted molar refractivity (Wildman–Crippen MR) is 93.2 cm³/mol. The van der Waals surface area contributed by atoms with E-state index in [1.54, 1.807) is 16.7 Å². The van der Waals surface area contributed by atoms with Gasteiger partial charge in [0.2, 0.25) is 11.8 Å². The van der Waals surface area contributed by atoms with Crippen LogP contribution in [0.15, 0.2) is 54.6 Å². The molecular formula is C18H18N2O2S. The average Bonchev–Trinajstić information content (AvgIpc) is 2.95. The fraction of sp³-hybridized carbons (Fsp3) is 0.222. The van der Waals surface area contributed by atoms with Crippen LogP contribution in [-0.4, -0.2) is 23.6 Å². The van der Waals surface area contributed by atoms with Crippen molar-refractivity contribution in [2.45, 2.75) is 18.2 Å². The maximum absolute atomic E-state index is 12.6. The molecule has 4 nitrogen and oxygen atoms in total. The van der Waals surface area contributed by atoms with Gasteiger partial charge in [-0.2, -0.15) is 0 Å². The number of carbonyl (C=O) groups is 2. The molecule has 1 unspecified atom stereocenters. The molecule has 0 radical (unpaired) electrons. The molecule has 118 valence electrons. The summed E-state index contributed by atoms with van der Waals surface area (Å²) >= 11 is 1.55. The molecule has 23 heavy (non-hydrogen) atoms. The van der Waals surface area contributed by atoms with Gasteiger partial charge >= 0.3 is 0 Å². The maximum atomic E-state index is 12.6. The highest BCUT2D eigenvalue weighted by molar-refractivity contribution is 7.99. The Morgan fingerprint density at radius 3 is 2.52 bits per heavy atom. The number of benzene rings is 2. The van der Waals surface area contributed by atoms with Crippen LogP contribution in [0, 0.1) is 0 Å². The van der Waals surface area contributed by atoms with Gasteiger partial charge in [0.15, 0.2) is 0 Å². The van der Waals surface area contributed by atoms with Crippen molar-refractivity contribution in [3.8, 4) is 0 Å². The number of hydrogen-bond acceptors (Lipinski definition) is 3. The van der Waals surface area contributed by atoms with Crippen LogP contribution in [-0.2, 0) is 21.8 Å². The Morgan fingerprint density at radius 1 is 1.09 bits per heavy atom. The van der Waals surface area contributed by atoms with Crippen molar-refractivity contribution >= 4 is 29.3 Å². The van der Waals surface area contributed by atoms with Crippen LogP contribution >= 0.6 is 11.8 Å². The van der Waals surface area contributed by atoms with E-state index in [0.717, 1.165) is 17.0 Å². The molecule has 0 aliphatic carbocycles. The van der Waals surface area contributed by atoms with Crippen molar-refractivity contribution in [1.82, 2.24) is 0 Å². The number of hydrogen-bond donors (Lipinski definition) is 1. The number of thioether (sulfide) groups is 1. The van der Waals surface area contributed by atoms with Crippen molar-refractivity contribution in [3.05, 3.63) is 65.7 Å². The van der Waals surface area contributed by atoms with Gasteiger partial charge in [-0.1, -0.05) is 48.5 Å². The van der Waals surface area contributed by atoms with Crippen LogP contribution in [0.2, 0.25) is 0 Å². The smallest absolute Gasteiger partial charge is 0.240 e. The maximum Gasteiger partial charge on any atom is 0.240 e. The molecule has 0 bridgehead atoms. The standard InChI is InChI=1S/C18H18N2O2S/c19-18(22)16-10-14-8-4-5-9-15(14)20(16)17(21)12-23-11-13-6-2-1-3-7-13/h1-9,16H,10-12H2,(H2,19,22). The first-order valence-corrected chi connectivity index (χ1v) is 8.63. The third kappa shape index (κ3) is 3.40. The summed E-state index contributed by atoms with van der Waals surface area (Å²) in [4.78, 5) is 25.9. The highest BCUT2D eigenvalue weighted by atomic mass is 32.2. The van der Waals surface area contributed by atoms with Gasteiger partial charge in [0.25, 0.3) is 0 Å². The van der Waals surface area contributed by atoms with E-state index in [2.05, 4.69) is 0 Å². The number of carbonyl (C=O) groups excluding carboxylic acids is 2. The van der Waals surface area contributed by atoms with E-state index >= 15 is 0 Å². The summed E-state index contributed by atoms with van der Waals surface area (Å²) < 4.78 is 0. The molecule has 0 saturated heterocycles. The van der Waals surface area contributed by atoms with Gasteiger partial charge < -0.3 is 5.73 Å². The second kappa shape index (κ2) is 6.87. The van der Waals surface area contributed by atoms with Gasteiger partial charge in [0, 0.05) is 17.9 Å². The Bertz CT molecular complexity index is 718. The molecule has 2 amide bonds. The van der Waals surface area contributed by atoms with Crippen LogP contribution in [0.1, 0.15) is 11.1 Å². The van der Waals surface area contributed by atoms with Crippen molar-refractivity contribution in [2.75, 3.05) is 10.7 Å². The average molecular weight is 326 g/mol. The number of nitrogens with zero attached hydrogens (tertiary/aromatic N) is 1. The van der Waals surface area contributed by atoms with Crippen LogP contribution in [0.5, 0.6) is 0 Å². The highest BCUT2D eigenvalue weighted by Crippen LogP contribution is 2.32. The molecule has 1 aliphatic rings. The van der Waals surface area contributed by atoms with Crippen molar-refractivity contribution < 1.29 is 9.59 Å². The molecular weight excluding hydrogens is 308 g/mol. The zero-order valence-corrected chi connectivity index (χ0v) is 13.5. The monoisotopic (exact) mass is 326 g/mol. The summed E-state index contributed by atoms with van der Waals surface area (Å²) in [6.45, 7) is 0. The molecule has 5 heteroatoms. The van der Waals surface area contributed by atoms with E-state index in [1.807, 2.05) is 54.6 Å². The zero-order valence-electron chi connectivity index (χ0n) is 12.6. The topological polar surface area (TPSA) is 63.4 Å². The summed E-state index contributed by atoms with van der Waals surface area (Å²) in [5.41, 5.74) is 8.47. The van der Waals surface area contributed by atoms with Crippen molar-refractivity contribution in [2.24, 2.45) is 5.73 Å². The second-order valence-corrected chi connectivity index (χ2v) is 6.48. The Kier molecular flexibility index (Phi) is 4.67. The lowest BCUT2D eigenvalue weighted by molar-refractivity contribution is -0.123. The van der Waals surface area contributed by atoms with Gasteiger partial charge in [-0.25, -0.2) is 0 Å². The molecule has 0 spiro atoms. The summed E-state index contributed by atoms with van der Waals surface area (Å²) in [6.07, 6.45) is 0.501. The first-order chi connectivity index (χ1) is 11.2. The van der Waals surface area contributed by atoms with Gasteiger partial charge in [0.05, 0.1) is 5.75 Å². The lowest BCUT2D eigenvalue weighted by Crippen LogP contribution is -2.46. The minimum absolute atomic E-state index is 0.0697. The Balaban J connectivity index is 1.68. The van der Waals surface area contributed by atoms with Crippen LogP contribution < -0.4 is 10.6 Å². The minimum Gasteiger partial charge on any atom is -0.368 e. The lowest BCUT2D eigenvalue weighted by Gasteiger charge is -2.23. The molecule has 0 aromatic heterocycles. The number of nitrogens with two attached hydrogens (primary N) is 1. The second-order valence-electron chi connectivity index (χ2n) is 5.49. The first-order valence-electron chi connectivity index (χ1n) is 7.48. The third-order valence-corrected chi connectivity index (χ3v) is 4.90. The van der Waals surface area contributed by atoms with E-state index in [4.69, 9.17) is 5.73 Å². The minimum atomic E-state index is -0.572. The molecule has 2 aromatic carbocycles. The summed E-state index contributed by atoms with van der Waals surface area (Å²) in [5.74, 6) is 0.568. The van der Waals surface area contributed by atoms with Crippen molar-refractivity contribution in [1.29, 1.82) is 0 Å². The Hall–Kier alpha value is -2.27. The first kappa shape index (κ1) is 15.6. The largest absolute Gasteiger partial charge is 0.368 e. The number of para-hydroxylation sites is 1. The quantitative estimate of drug-likeness (QED) is 0.917. The van der Waals surface area contributed by atoms with E-state index in [0.29, 0.717) is 12.2 Å². The van der Waals surface area contributed by atoms with Crippen LogP contribution in [0.4, 0.5) is 5.69 Å². The lowest BCUT2D eigenvalue weighted by atomic mass is 10.1. The van der Waals surface area contributed by atoms with E-state index in [-0.39, 0.29) is 5.91 Å². The number of rotatable bonds is 5. The SMILES string of the molecule is NC(=O)C1Cc2ccccc2N1C(=O)CSCc1ccccc1. The van der Waals surface area contributed by atoms with Gasteiger partial charge in [-0.3, -0.25) is 14.5 Å². The fourth-order valence-electron chi connectivity index (χ4n) is 2.82. The highest BCUT2D eigenvalue weighted by Gasteiger charge is 2.36. The molecule has 3 rings (SSSR count).